The van der Waals surface area contributed by atoms with Crippen LogP contribution < -0.4 is 5.32 Å². The van der Waals surface area contributed by atoms with Crippen LogP contribution >= 0.6 is 23.1 Å². The van der Waals surface area contributed by atoms with Gasteiger partial charge in [0.2, 0.25) is 0 Å². The number of benzene rings is 2. The molecule has 0 fully saturated rings. The Bertz CT molecular complexity index is 1020. The molecule has 0 amide bonds. The van der Waals surface area contributed by atoms with Crippen LogP contribution in [0.1, 0.15) is 0 Å². The monoisotopic (exact) mass is 344 g/mol. The van der Waals surface area contributed by atoms with Crippen LogP contribution in [0.4, 0.5) is 9.52 Å². The highest BCUT2D eigenvalue weighted by atomic mass is 32.2. The third-order valence-corrected chi connectivity index (χ3v) is 5.59. The summed E-state index contributed by atoms with van der Waals surface area (Å²) in [5, 5.41) is 11.8. The quantitative estimate of drug-likeness (QED) is 0.527. The minimum absolute atomic E-state index is 0.232. The van der Waals surface area contributed by atoms with Crippen LogP contribution in [0.15, 0.2) is 35.4 Å². The van der Waals surface area contributed by atoms with Crippen LogP contribution in [0.2, 0.25) is 0 Å². The Balaban J connectivity index is 2.02. The predicted octanol–water partition coefficient (Wildman–Crippen LogP) is 4.74. The van der Waals surface area contributed by atoms with Gasteiger partial charge < -0.3 is 5.32 Å². The number of thiazole rings is 1. The number of fused-ring (bicyclic) bond motifs is 2. The summed E-state index contributed by atoms with van der Waals surface area (Å²) in [6, 6.07) is 7.53. The van der Waals surface area contributed by atoms with Gasteiger partial charge in [0, 0.05) is 24.1 Å². The zero-order valence-corrected chi connectivity index (χ0v) is 14.1. The van der Waals surface area contributed by atoms with Crippen LogP contribution in [0.5, 0.6) is 0 Å². The summed E-state index contributed by atoms with van der Waals surface area (Å²) in [4.78, 5) is 5.12. The zero-order chi connectivity index (χ0) is 16.0. The number of hydrogen-bond donors (Lipinski definition) is 2. The largest absolute Gasteiger partial charge is 0.365 e. The predicted molar refractivity (Wildman–Crippen MR) is 96.0 cm³/mol. The van der Waals surface area contributed by atoms with Gasteiger partial charge in [-0.1, -0.05) is 17.4 Å². The van der Waals surface area contributed by atoms with Gasteiger partial charge in [0.25, 0.3) is 0 Å². The molecular weight excluding hydrogens is 331 g/mol. The van der Waals surface area contributed by atoms with Gasteiger partial charge in [0.15, 0.2) is 5.13 Å². The molecule has 7 heteroatoms. The first-order valence-corrected chi connectivity index (χ1v) is 9.03. The van der Waals surface area contributed by atoms with Crippen molar-refractivity contribution in [2.75, 3.05) is 18.6 Å². The van der Waals surface area contributed by atoms with Crippen LogP contribution in [0.25, 0.3) is 32.2 Å². The number of aromatic amines is 1. The van der Waals surface area contributed by atoms with E-state index in [9.17, 15) is 4.39 Å². The molecule has 4 aromatic rings. The molecule has 0 saturated carbocycles. The normalized spacial score (nSPS) is 11.4. The molecule has 0 aliphatic carbocycles. The second-order valence-electron chi connectivity index (χ2n) is 5.05. The first-order chi connectivity index (χ1) is 11.2. The van der Waals surface area contributed by atoms with E-state index >= 15 is 0 Å². The van der Waals surface area contributed by atoms with E-state index in [4.69, 9.17) is 0 Å². The average Bonchev–Trinajstić information content (AvgIpc) is 3.18. The summed E-state index contributed by atoms with van der Waals surface area (Å²) in [7, 11) is 1.85. The lowest BCUT2D eigenvalue weighted by atomic mass is 10.0. The molecule has 23 heavy (non-hydrogen) atoms. The number of aromatic nitrogens is 3. The number of nitrogens with zero attached hydrogens (tertiary/aromatic N) is 2. The van der Waals surface area contributed by atoms with Crippen molar-refractivity contribution in [3.63, 3.8) is 0 Å². The Morgan fingerprint density at radius 2 is 2.17 bits per heavy atom. The topological polar surface area (TPSA) is 53.6 Å². The van der Waals surface area contributed by atoms with Gasteiger partial charge in [-0.15, -0.1) is 11.8 Å². The summed E-state index contributed by atoms with van der Waals surface area (Å²) in [5.41, 5.74) is 3.49. The molecule has 0 atom stereocenters. The highest BCUT2D eigenvalue weighted by Crippen LogP contribution is 2.40. The number of hydrogen-bond acceptors (Lipinski definition) is 5. The van der Waals surface area contributed by atoms with Gasteiger partial charge in [-0.2, -0.15) is 5.10 Å². The minimum Gasteiger partial charge on any atom is -0.365 e. The van der Waals surface area contributed by atoms with Crippen molar-refractivity contribution in [1.29, 1.82) is 0 Å². The molecule has 0 saturated heterocycles. The van der Waals surface area contributed by atoms with Crippen molar-refractivity contribution in [2.24, 2.45) is 0 Å². The Morgan fingerprint density at radius 1 is 1.30 bits per heavy atom. The standard InChI is InChI=1S/C16H13FN4S2/c1-18-16-20-11-4-3-8(5-13(11)23-16)14-9-7-19-21-12(9)6-10(17)15(14)22-2/h3-7H,1-2H3,(H,18,20)(H,19,21). The fraction of sp³-hybridized carbons (Fsp3) is 0.125. The molecule has 116 valence electrons. The van der Waals surface area contributed by atoms with Crippen molar-refractivity contribution in [3.8, 4) is 11.1 Å². The third-order valence-electron chi connectivity index (χ3n) is 3.75. The SMILES string of the molecule is CNc1nc2ccc(-c3c(SC)c(F)cc4[nH]ncc34)cc2s1. The molecule has 2 N–H and O–H groups in total. The summed E-state index contributed by atoms with van der Waals surface area (Å²) >= 11 is 2.99. The van der Waals surface area contributed by atoms with E-state index in [0.29, 0.717) is 10.4 Å². The van der Waals surface area contributed by atoms with Crippen LogP contribution in [0.3, 0.4) is 0 Å². The smallest absolute Gasteiger partial charge is 0.183 e. The lowest BCUT2D eigenvalue weighted by Gasteiger charge is -2.10. The molecule has 0 aliphatic rings. The summed E-state index contributed by atoms with van der Waals surface area (Å²) in [6.07, 6.45) is 3.64. The number of nitrogens with one attached hydrogen (secondary N) is 2. The number of H-pyrrole nitrogens is 1. The zero-order valence-electron chi connectivity index (χ0n) is 12.5. The molecule has 2 aromatic carbocycles. The fourth-order valence-corrected chi connectivity index (χ4v) is 4.26. The second kappa shape index (κ2) is 5.50. The maximum atomic E-state index is 14.4. The van der Waals surface area contributed by atoms with E-state index in [1.807, 2.05) is 25.4 Å². The summed E-state index contributed by atoms with van der Waals surface area (Å²) in [5.74, 6) is -0.232. The Hall–Kier alpha value is -2.12. The van der Waals surface area contributed by atoms with Crippen molar-refractivity contribution >= 4 is 49.3 Å². The van der Waals surface area contributed by atoms with Gasteiger partial charge >= 0.3 is 0 Å². The van der Waals surface area contributed by atoms with Gasteiger partial charge in [-0.25, -0.2) is 9.37 Å². The van der Waals surface area contributed by atoms with E-state index in [2.05, 4.69) is 26.6 Å². The van der Waals surface area contributed by atoms with Crippen LogP contribution in [-0.2, 0) is 0 Å². The number of halogens is 1. The minimum atomic E-state index is -0.232. The summed E-state index contributed by atoms with van der Waals surface area (Å²) in [6.45, 7) is 0. The molecular formula is C16H13FN4S2. The van der Waals surface area contributed by atoms with E-state index in [-0.39, 0.29) is 5.82 Å². The van der Waals surface area contributed by atoms with Gasteiger partial charge in [0.05, 0.1) is 26.8 Å². The van der Waals surface area contributed by atoms with Crippen molar-refractivity contribution in [2.45, 2.75) is 4.90 Å². The number of thioether (sulfide) groups is 1. The fourth-order valence-electron chi connectivity index (χ4n) is 2.71. The highest BCUT2D eigenvalue weighted by molar-refractivity contribution is 7.98. The second-order valence-corrected chi connectivity index (χ2v) is 6.90. The molecule has 0 spiro atoms. The van der Waals surface area contributed by atoms with E-state index in [1.165, 1.54) is 17.8 Å². The van der Waals surface area contributed by atoms with Crippen molar-refractivity contribution < 1.29 is 4.39 Å². The number of anilines is 1. The molecule has 0 aliphatic heterocycles. The van der Waals surface area contributed by atoms with E-state index in [0.717, 1.165) is 31.9 Å². The van der Waals surface area contributed by atoms with Crippen LogP contribution in [-0.4, -0.2) is 28.5 Å². The van der Waals surface area contributed by atoms with Crippen molar-refractivity contribution in [1.82, 2.24) is 15.2 Å². The molecule has 2 heterocycles. The van der Waals surface area contributed by atoms with E-state index in [1.54, 1.807) is 17.5 Å². The molecule has 0 radical (unpaired) electrons. The van der Waals surface area contributed by atoms with E-state index < -0.39 is 0 Å². The van der Waals surface area contributed by atoms with Gasteiger partial charge in [0.1, 0.15) is 5.82 Å². The highest BCUT2D eigenvalue weighted by Gasteiger charge is 2.17. The Labute approximate surface area is 140 Å². The maximum Gasteiger partial charge on any atom is 0.183 e. The van der Waals surface area contributed by atoms with Gasteiger partial charge in [-0.05, 0) is 24.0 Å². The molecule has 4 rings (SSSR count). The Morgan fingerprint density at radius 3 is 2.96 bits per heavy atom. The lowest BCUT2D eigenvalue weighted by molar-refractivity contribution is 0.605. The maximum absolute atomic E-state index is 14.4. The molecule has 0 bridgehead atoms. The molecule has 2 aromatic heterocycles. The number of rotatable bonds is 3. The average molecular weight is 344 g/mol. The van der Waals surface area contributed by atoms with Gasteiger partial charge in [-0.3, -0.25) is 5.10 Å². The third kappa shape index (κ3) is 2.27. The first kappa shape index (κ1) is 14.5. The van der Waals surface area contributed by atoms with Crippen LogP contribution in [0, 0.1) is 5.82 Å². The summed E-state index contributed by atoms with van der Waals surface area (Å²) < 4.78 is 15.5. The first-order valence-electron chi connectivity index (χ1n) is 6.99. The van der Waals surface area contributed by atoms with Crippen molar-refractivity contribution in [3.05, 3.63) is 36.3 Å². The Kier molecular flexibility index (Phi) is 3.46. The molecule has 4 nitrogen and oxygen atoms in total. The molecule has 0 unspecified atom stereocenters. The lowest BCUT2D eigenvalue weighted by Crippen LogP contribution is -1.89.